The Morgan fingerprint density at radius 2 is 1.77 bits per heavy atom. The van der Waals surface area contributed by atoms with Crippen LogP contribution in [-0.2, 0) is 16.0 Å². The maximum atomic E-state index is 13.4. The summed E-state index contributed by atoms with van der Waals surface area (Å²) in [7, 11) is 0. The number of rotatable bonds is 1. The van der Waals surface area contributed by atoms with Gasteiger partial charge >= 0.3 is 0 Å². The molecule has 5 rings (SSSR count). The second-order valence-electron chi connectivity index (χ2n) is 9.00. The number of anilines is 2. The predicted molar refractivity (Wildman–Crippen MR) is 121 cm³/mol. The van der Waals surface area contributed by atoms with E-state index in [1.54, 1.807) is 0 Å². The summed E-state index contributed by atoms with van der Waals surface area (Å²) < 4.78 is 0. The third-order valence-electron chi connectivity index (χ3n) is 7.49. The van der Waals surface area contributed by atoms with Gasteiger partial charge in [0.05, 0.1) is 6.04 Å². The number of piperazine rings is 1. The van der Waals surface area contributed by atoms with Crippen LogP contribution in [0.2, 0.25) is 5.02 Å². The molecule has 1 saturated heterocycles. The van der Waals surface area contributed by atoms with Gasteiger partial charge in [0.2, 0.25) is 0 Å². The molecule has 3 aliphatic rings. The molecule has 0 radical (unpaired) electrons. The van der Waals surface area contributed by atoms with E-state index in [9.17, 15) is 9.59 Å². The van der Waals surface area contributed by atoms with E-state index in [2.05, 4.69) is 41.8 Å². The number of nitrogens with zero attached hydrogens (tertiary/aromatic N) is 2. The van der Waals surface area contributed by atoms with Crippen molar-refractivity contribution in [3.63, 3.8) is 0 Å². The summed E-state index contributed by atoms with van der Waals surface area (Å²) in [6, 6.07) is 12.1. The molecule has 0 amide bonds. The number of aryl methyl sites for hydroxylation is 1. The van der Waals surface area contributed by atoms with E-state index in [0.29, 0.717) is 37.3 Å². The minimum Gasteiger partial charge on any atom is -0.367 e. The molecule has 0 bridgehead atoms. The molecule has 0 unspecified atom stereocenters. The fraction of sp³-hybridized carbons (Fsp3) is 0.440. The van der Waals surface area contributed by atoms with Crippen molar-refractivity contribution in [1.82, 2.24) is 0 Å². The molecule has 2 aliphatic heterocycles. The van der Waals surface area contributed by atoms with Crippen LogP contribution in [0.1, 0.15) is 36.0 Å². The highest BCUT2D eigenvalue weighted by molar-refractivity contribution is 6.31. The van der Waals surface area contributed by atoms with Crippen LogP contribution >= 0.6 is 11.6 Å². The molecule has 1 atom stereocenters. The molecule has 2 heterocycles. The first-order valence-corrected chi connectivity index (χ1v) is 11.2. The number of carbonyl (C=O) groups is 2. The first kappa shape index (κ1) is 19.6. The monoisotopic (exact) mass is 422 g/mol. The summed E-state index contributed by atoms with van der Waals surface area (Å²) in [5.74, 6) is 0.245. The maximum absolute atomic E-state index is 13.4. The Labute approximate surface area is 182 Å². The smallest absolute Gasteiger partial charge is 0.148 e. The van der Waals surface area contributed by atoms with E-state index in [1.807, 2.05) is 18.2 Å². The lowest BCUT2D eigenvalue weighted by molar-refractivity contribution is -0.146. The van der Waals surface area contributed by atoms with Gasteiger partial charge in [-0.3, -0.25) is 9.59 Å². The number of carbonyl (C=O) groups excluding carboxylic acids is 2. The van der Waals surface area contributed by atoms with Crippen LogP contribution in [0, 0.1) is 19.3 Å². The van der Waals surface area contributed by atoms with Crippen molar-refractivity contribution in [1.29, 1.82) is 0 Å². The molecule has 2 aromatic carbocycles. The fourth-order valence-corrected chi connectivity index (χ4v) is 5.91. The molecule has 2 aromatic rings. The zero-order valence-electron chi connectivity index (χ0n) is 17.6. The van der Waals surface area contributed by atoms with Crippen LogP contribution in [-0.4, -0.2) is 37.2 Å². The molecule has 0 aromatic heterocycles. The van der Waals surface area contributed by atoms with Gasteiger partial charge < -0.3 is 9.80 Å². The van der Waals surface area contributed by atoms with Gasteiger partial charge in [-0.2, -0.15) is 0 Å². The number of hydrogen-bond acceptors (Lipinski definition) is 4. The van der Waals surface area contributed by atoms with Gasteiger partial charge in [0.1, 0.15) is 17.0 Å². The molecular weight excluding hydrogens is 396 g/mol. The van der Waals surface area contributed by atoms with Gasteiger partial charge in [-0.15, -0.1) is 0 Å². The third kappa shape index (κ3) is 2.80. The Kier molecular flexibility index (Phi) is 4.66. The zero-order chi connectivity index (χ0) is 21.0. The van der Waals surface area contributed by atoms with E-state index in [-0.39, 0.29) is 17.6 Å². The number of Topliss-reactive ketones (excluding diaryl/α,β-unsaturated/α-hetero) is 2. The Hall–Kier alpha value is -2.33. The molecule has 5 heteroatoms. The third-order valence-corrected chi connectivity index (χ3v) is 7.73. The van der Waals surface area contributed by atoms with Crippen molar-refractivity contribution in [2.75, 3.05) is 29.4 Å². The second kappa shape index (κ2) is 7.12. The molecule has 30 heavy (non-hydrogen) atoms. The fourth-order valence-electron chi connectivity index (χ4n) is 5.74. The summed E-state index contributed by atoms with van der Waals surface area (Å²) in [5.41, 5.74) is 4.95. The van der Waals surface area contributed by atoms with E-state index < -0.39 is 5.41 Å². The lowest BCUT2D eigenvalue weighted by Crippen LogP contribution is -2.68. The van der Waals surface area contributed by atoms with Gasteiger partial charge in [-0.05, 0) is 61.6 Å². The second-order valence-corrected chi connectivity index (χ2v) is 9.43. The van der Waals surface area contributed by atoms with Crippen molar-refractivity contribution in [2.24, 2.45) is 5.41 Å². The Morgan fingerprint density at radius 1 is 1.00 bits per heavy atom. The molecule has 4 nitrogen and oxygen atoms in total. The van der Waals surface area contributed by atoms with Crippen LogP contribution in [0.5, 0.6) is 0 Å². The predicted octanol–water partition coefficient (Wildman–Crippen LogP) is 4.52. The first-order chi connectivity index (χ1) is 14.4. The van der Waals surface area contributed by atoms with Gasteiger partial charge in [-0.1, -0.05) is 29.8 Å². The highest BCUT2D eigenvalue weighted by Crippen LogP contribution is 2.48. The summed E-state index contributed by atoms with van der Waals surface area (Å²) in [4.78, 5) is 31.4. The Balaban J connectivity index is 1.62. The summed E-state index contributed by atoms with van der Waals surface area (Å²) in [6.45, 7) is 6.58. The van der Waals surface area contributed by atoms with E-state index in [0.717, 1.165) is 24.3 Å². The number of ketones is 2. The normalized spacial score (nSPS) is 22.8. The molecule has 0 N–H and O–H groups in total. The molecule has 1 saturated carbocycles. The molecule has 1 spiro atoms. The van der Waals surface area contributed by atoms with Gasteiger partial charge in [0, 0.05) is 48.9 Å². The Morgan fingerprint density at radius 3 is 2.53 bits per heavy atom. The van der Waals surface area contributed by atoms with Crippen molar-refractivity contribution in [3.8, 4) is 0 Å². The number of benzene rings is 2. The van der Waals surface area contributed by atoms with Gasteiger partial charge in [0.25, 0.3) is 0 Å². The first-order valence-electron chi connectivity index (χ1n) is 10.8. The summed E-state index contributed by atoms with van der Waals surface area (Å²) in [5, 5.41) is 0.696. The summed E-state index contributed by atoms with van der Waals surface area (Å²) >= 11 is 6.33. The standard InChI is InChI=1S/C25H27ClN2O2/c1-16-5-3-6-20(17(16)2)27-11-12-28-21-13-19(26)10-9-18(21)14-25(22(28)15-27)23(29)7-4-8-24(25)30/h3,5-6,9-10,13,22H,4,7-8,11-12,14-15H2,1-2H3/t22-/m1/s1. The SMILES string of the molecule is Cc1cccc(N2CCN3c4cc(Cl)ccc4CC4(C(=O)CCCC4=O)[C@H]3C2)c1C. The average Bonchev–Trinajstić information content (AvgIpc) is 2.74. The lowest BCUT2D eigenvalue weighted by atomic mass is 9.61. The zero-order valence-corrected chi connectivity index (χ0v) is 18.3. The van der Waals surface area contributed by atoms with Crippen LogP contribution in [0.4, 0.5) is 11.4 Å². The highest BCUT2D eigenvalue weighted by atomic mass is 35.5. The minimum atomic E-state index is -0.935. The number of hydrogen-bond donors (Lipinski definition) is 0. The molecule has 156 valence electrons. The van der Waals surface area contributed by atoms with E-state index in [4.69, 9.17) is 11.6 Å². The van der Waals surface area contributed by atoms with Gasteiger partial charge in [0.15, 0.2) is 0 Å². The topological polar surface area (TPSA) is 40.6 Å². The highest BCUT2D eigenvalue weighted by Gasteiger charge is 2.58. The lowest BCUT2D eigenvalue weighted by Gasteiger charge is -2.55. The van der Waals surface area contributed by atoms with Crippen molar-refractivity contribution in [2.45, 2.75) is 45.6 Å². The van der Waals surface area contributed by atoms with E-state index in [1.165, 1.54) is 16.8 Å². The average molecular weight is 423 g/mol. The van der Waals surface area contributed by atoms with Crippen molar-refractivity contribution < 1.29 is 9.59 Å². The number of fused-ring (bicyclic) bond motifs is 4. The van der Waals surface area contributed by atoms with Crippen molar-refractivity contribution in [3.05, 3.63) is 58.1 Å². The minimum absolute atomic E-state index is 0.122. The molecule has 1 aliphatic carbocycles. The number of halogens is 1. The Bertz CT molecular complexity index is 1030. The molecular formula is C25H27ClN2O2. The van der Waals surface area contributed by atoms with Crippen molar-refractivity contribution >= 4 is 34.5 Å². The van der Waals surface area contributed by atoms with Crippen LogP contribution in [0.3, 0.4) is 0 Å². The van der Waals surface area contributed by atoms with Crippen LogP contribution in [0.15, 0.2) is 36.4 Å². The van der Waals surface area contributed by atoms with Crippen LogP contribution in [0.25, 0.3) is 0 Å². The largest absolute Gasteiger partial charge is 0.367 e. The maximum Gasteiger partial charge on any atom is 0.148 e. The molecule has 2 fully saturated rings. The summed E-state index contributed by atoms with van der Waals surface area (Å²) in [6.07, 6.45) is 2.18. The van der Waals surface area contributed by atoms with E-state index >= 15 is 0 Å². The quantitative estimate of drug-likeness (QED) is 0.634. The van der Waals surface area contributed by atoms with Crippen LogP contribution < -0.4 is 9.80 Å². The van der Waals surface area contributed by atoms with Gasteiger partial charge in [-0.25, -0.2) is 0 Å².